The maximum absolute atomic E-state index is 11.1. The van der Waals surface area contributed by atoms with Gasteiger partial charge in [-0.15, -0.1) is 0 Å². The molecule has 1 heteroatoms. The molecule has 0 atom stereocenters. The Kier molecular flexibility index (Phi) is 4.11. The lowest BCUT2D eigenvalue weighted by atomic mass is 9.70. The van der Waals surface area contributed by atoms with Crippen molar-refractivity contribution in [1.82, 2.24) is 0 Å². The Morgan fingerprint density at radius 1 is 0.514 bits per heavy atom. The van der Waals surface area contributed by atoms with Gasteiger partial charge in [0.2, 0.25) is 0 Å². The Labute approximate surface area is 205 Å². The normalized spacial score (nSPS) is 13.8. The number of aryl methyl sites for hydroxylation is 2. The highest BCUT2D eigenvalue weighted by Crippen LogP contribution is 2.63. The summed E-state index contributed by atoms with van der Waals surface area (Å²) in [7, 11) is 0. The standard InChI is InChI=1S/C34H24O/c1-21-7-14-27-28-15-8-22(2)18-33(28)34(32(27)17-21)30-6-4-3-5-26(30)29-19-25(13-16-31(29)34)24-11-9-23(20-35)10-12-24/h3-20H,1-2H3. The van der Waals surface area contributed by atoms with E-state index < -0.39 is 0 Å². The van der Waals surface area contributed by atoms with E-state index >= 15 is 0 Å². The summed E-state index contributed by atoms with van der Waals surface area (Å²) in [6, 6.07) is 37.5. The van der Waals surface area contributed by atoms with Gasteiger partial charge in [0.25, 0.3) is 0 Å². The van der Waals surface area contributed by atoms with Gasteiger partial charge in [-0.2, -0.15) is 0 Å². The van der Waals surface area contributed by atoms with E-state index in [9.17, 15) is 4.79 Å². The first-order chi connectivity index (χ1) is 17.1. The summed E-state index contributed by atoms with van der Waals surface area (Å²) in [5.74, 6) is 0. The highest BCUT2D eigenvalue weighted by molar-refractivity contribution is 5.96. The molecule has 5 aromatic rings. The fourth-order valence-electron chi connectivity index (χ4n) is 6.35. The first kappa shape index (κ1) is 20.2. The molecule has 0 saturated heterocycles. The molecule has 166 valence electrons. The maximum Gasteiger partial charge on any atom is 0.150 e. The summed E-state index contributed by atoms with van der Waals surface area (Å²) in [5.41, 5.74) is 16.0. The number of carbonyl (C=O) groups excluding carboxylic acids is 1. The zero-order valence-corrected chi connectivity index (χ0v) is 19.8. The highest BCUT2D eigenvalue weighted by Gasteiger charge is 2.51. The number of carbonyl (C=O) groups is 1. The molecule has 5 aromatic carbocycles. The molecule has 2 aliphatic carbocycles. The smallest absolute Gasteiger partial charge is 0.150 e. The highest BCUT2D eigenvalue weighted by atomic mass is 16.1. The molecular formula is C34H24O. The van der Waals surface area contributed by atoms with Crippen LogP contribution in [0.5, 0.6) is 0 Å². The first-order valence-electron chi connectivity index (χ1n) is 12.1. The van der Waals surface area contributed by atoms with Crippen LogP contribution >= 0.6 is 0 Å². The fourth-order valence-corrected chi connectivity index (χ4v) is 6.35. The number of hydrogen-bond acceptors (Lipinski definition) is 1. The lowest BCUT2D eigenvalue weighted by Crippen LogP contribution is -2.26. The van der Waals surface area contributed by atoms with Crippen LogP contribution in [-0.2, 0) is 5.41 Å². The summed E-state index contributed by atoms with van der Waals surface area (Å²) in [6.45, 7) is 4.38. The van der Waals surface area contributed by atoms with E-state index in [0.29, 0.717) is 5.56 Å². The average molecular weight is 449 g/mol. The summed E-state index contributed by atoms with van der Waals surface area (Å²) >= 11 is 0. The van der Waals surface area contributed by atoms with Crippen molar-refractivity contribution in [3.8, 4) is 33.4 Å². The van der Waals surface area contributed by atoms with E-state index in [1.165, 1.54) is 61.2 Å². The number of benzene rings is 5. The second-order valence-electron chi connectivity index (χ2n) is 9.89. The van der Waals surface area contributed by atoms with E-state index in [1.807, 2.05) is 24.3 Å². The lowest BCUT2D eigenvalue weighted by Gasteiger charge is -2.31. The number of aldehydes is 1. The molecule has 1 spiro atoms. The van der Waals surface area contributed by atoms with E-state index in [1.54, 1.807) is 0 Å². The second-order valence-corrected chi connectivity index (χ2v) is 9.89. The molecule has 0 heterocycles. The molecule has 0 aromatic heterocycles. The van der Waals surface area contributed by atoms with Gasteiger partial charge >= 0.3 is 0 Å². The number of fused-ring (bicyclic) bond motifs is 10. The quantitative estimate of drug-likeness (QED) is 0.244. The Morgan fingerprint density at radius 2 is 1.09 bits per heavy atom. The van der Waals surface area contributed by atoms with Crippen molar-refractivity contribution in [2.45, 2.75) is 19.3 Å². The predicted octanol–water partition coefficient (Wildman–Crippen LogP) is 8.13. The Bertz CT molecular complexity index is 1620. The minimum absolute atomic E-state index is 0.311. The predicted molar refractivity (Wildman–Crippen MR) is 143 cm³/mol. The molecule has 7 rings (SSSR count). The van der Waals surface area contributed by atoms with E-state index in [4.69, 9.17) is 0 Å². The maximum atomic E-state index is 11.1. The third-order valence-electron chi connectivity index (χ3n) is 7.87. The molecule has 0 fully saturated rings. The molecule has 1 nitrogen and oxygen atoms in total. The van der Waals surface area contributed by atoms with Gasteiger partial charge in [-0.05, 0) is 75.5 Å². The Hall–Kier alpha value is -4.23. The van der Waals surface area contributed by atoms with Crippen LogP contribution < -0.4 is 0 Å². The van der Waals surface area contributed by atoms with Gasteiger partial charge in [-0.25, -0.2) is 0 Å². The Balaban J connectivity index is 1.57. The second kappa shape index (κ2) is 7.13. The van der Waals surface area contributed by atoms with Crippen LogP contribution in [0.2, 0.25) is 0 Å². The summed E-state index contributed by atoms with van der Waals surface area (Å²) in [6.07, 6.45) is 0.894. The van der Waals surface area contributed by atoms with Gasteiger partial charge in [0.05, 0.1) is 5.41 Å². The van der Waals surface area contributed by atoms with Crippen molar-refractivity contribution in [3.63, 3.8) is 0 Å². The van der Waals surface area contributed by atoms with Crippen LogP contribution in [0.1, 0.15) is 43.7 Å². The topological polar surface area (TPSA) is 17.1 Å². The van der Waals surface area contributed by atoms with Crippen molar-refractivity contribution in [2.75, 3.05) is 0 Å². The molecular weight excluding hydrogens is 424 g/mol. The van der Waals surface area contributed by atoms with Crippen LogP contribution in [0.3, 0.4) is 0 Å². The first-order valence-corrected chi connectivity index (χ1v) is 12.1. The third kappa shape index (κ3) is 2.61. The van der Waals surface area contributed by atoms with Crippen molar-refractivity contribution >= 4 is 6.29 Å². The largest absolute Gasteiger partial charge is 0.298 e. The monoisotopic (exact) mass is 448 g/mol. The SMILES string of the molecule is Cc1ccc2c(c1)C1(c3ccccc3-c3cc(-c4ccc(C=O)cc4)ccc31)c1cc(C)ccc1-2. The van der Waals surface area contributed by atoms with Crippen molar-refractivity contribution in [2.24, 2.45) is 0 Å². The molecule has 0 bridgehead atoms. The van der Waals surface area contributed by atoms with Crippen molar-refractivity contribution in [1.29, 1.82) is 0 Å². The van der Waals surface area contributed by atoms with Crippen LogP contribution in [0.4, 0.5) is 0 Å². The summed E-state index contributed by atoms with van der Waals surface area (Å²) in [5, 5.41) is 0. The molecule has 2 aliphatic rings. The van der Waals surface area contributed by atoms with Gasteiger partial charge in [-0.3, -0.25) is 4.79 Å². The van der Waals surface area contributed by atoms with Crippen molar-refractivity contribution in [3.05, 3.63) is 142 Å². The molecule has 0 radical (unpaired) electrons. The molecule has 0 saturated carbocycles. The fraction of sp³-hybridized carbons (Fsp3) is 0.0882. The van der Waals surface area contributed by atoms with E-state index in [2.05, 4.69) is 92.7 Å². The zero-order chi connectivity index (χ0) is 23.7. The van der Waals surface area contributed by atoms with E-state index in [-0.39, 0.29) is 5.41 Å². The average Bonchev–Trinajstić information content (AvgIpc) is 3.34. The molecule has 0 unspecified atom stereocenters. The third-order valence-corrected chi connectivity index (χ3v) is 7.87. The minimum atomic E-state index is -0.311. The van der Waals surface area contributed by atoms with Crippen LogP contribution in [0.25, 0.3) is 33.4 Å². The molecule has 0 N–H and O–H groups in total. The van der Waals surface area contributed by atoms with Gasteiger partial charge in [0.1, 0.15) is 6.29 Å². The van der Waals surface area contributed by atoms with Gasteiger partial charge < -0.3 is 0 Å². The summed E-state index contributed by atoms with van der Waals surface area (Å²) in [4.78, 5) is 11.1. The molecule has 0 aliphatic heterocycles. The number of hydrogen-bond donors (Lipinski definition) is 0. The molecule has 0 amide bonds. The van der Waals surface area contributed by atoms with Crippen molar-refractivity contribution < 1.29 is 4.79 Å². The van der Waals surface area contributed by atoms with Crippen LogP contribution in [-0.4, -0.2) is 6.29 Å². The van der Waals surface area contributed by atoms with Gasteiger partial charge in [0.15, 0.2) is 0 Å². The van der Waals surface area contributed by atoms with Crippen LogP contribution in [0.15, 0.2) is 103 Å². The number of rotatable bonds is 2. The van der Waals surface area contributed by atoms with E-state index in [0.717, 1.165) is 11.8 Å². The Morgan fingerprint density at radius 3 is 1.74 bits per heavy atom. The summed E-state index contributed by atoms with van der Waals surface area (Å²) < 4.78 is 0. The van der Waals surface area contributed by atoms with Crippen LogP contribution in [0, 0.1) is 13.8 Å². The van der Waals surface area contributed by atoms with Gasteiger partial charge in [-0.1, -0.05) is 108 Å². The van der Waals surface area contributed by atoms with Gasteiger partial charge in [0, 0.05) is 5.56 Å². The minimum Gasteiger partial charge on any atom is -0.298 e. The lowest BCUT2D eigenvalue weighted by molar-refractivity contribution is 0.112. The zero-order valence-electron chi connectivity index (χ0n) is 19.8. The molecule has 35 heavy (non-hydrogen) atoms.